The standard InChI is InChI=1S/C20H23F2N3O4/c1-20(18-24-23-12-26-18)11-15(25-29-20)13-8-9-16(28-19(21)22)17(10-13)27-14-6-4-2-3-5-7-14/h8-12,14,19,25H,2-7H2,1H3. The molecule has 0 spiro atoms. The maximum absolute atomic E-state index is 12.9. The van der Waals surface area contributed by atoms with Crippen molar-refractivity contribution in [2.45, 2.75) is 63.8 Å². The Morgan fingerprint density at radius 1 is 1.17 bits per heavy atom. The van der Waals surface area contributed by atoms with Crippen LogP contribution in [0, 0.1) is 0 Å². The SMILES string of the molecule is CC1(c2nnco2)C=C(c2ccc(OC(F)F)c(OC3CCCCCC3)c2)NO1. The molecule has 1 N–H and O–H groups in total. The van der Waals surface area contributed by atoms with Gasteiger partial charge in [-0.15, -0.1) is 10.2 Å². The zero-order valence-corrected chi connectivity index (χ0v) is 16.1. The maximum atomic E-state index is 12.9. The lowest BCUT2D eigenvalue weighted by atomic mass is 10.0. The summed E-state index contributed by atoms with van der Waals surface area (Å²) in [6, 6.07) is 4.84. The first kappa shape index (κ1) is 19.6. The van der Waals surface area contributed by atoms with Gasteiger partial charge in [-0.3, -0.25) is 10.3 Å². The van der Waals surface area contributed by atoms with Crippen LogP contribution in [-0.4, -0.2) is 22.9 Å². The fourth-order valence-corrected chi connectivity index (χ4v) is 3.63. The molecular formula is C20H23F2N3O4. The number of alkyl halides is 2. The number of ether oxygens (including phenoxy) is 2. The van der Waals surface area contributed by atoms with Gasteiger partial charge in [-0.2, -0.15) is 8.78 Å². The highest BCUT2D eigenvalue weighted by Crippen LogP contribution is 2.38. The third-order valence-electron chi connectivity index (χ3n) is 5.14. The second kappa shape index (κ2) is 8.36. The normalized spacial score (nSPS) is 22.8. The Labute approximate surface area is 167 Å². The topological polar surface area (TPSA) is 78.6 Å². The number of aromatic nitrogens is 2. The second-order valence-corrected chi connectivity index (χ2v) is 7.38. The Morgan fingerprint density at radius 3 is 2.66 bits per heavy atom. The van der Waals surface area contributed by atoms with Gasteiger partial charge in [0.15, 0.2) is 17.1 Å². The molecule has 1 unspecified atom stereocenters. The molecule has 0 amide bonds. The first-order valence-corrected chi connectivity index (χ1v) is 9.73. The second-order valence-electron chi connectivity index (χ2n) is 7.38. The first-order valence-electron chi connectivity index (χ1n) is 9.73. The minimum Gasteiger partial charge on any atom is -0.487 e. The molecule has 7 nitrogen and oxygen atoms in total. The lowest BCUT2D eigenvalue weighted by Crippen LogP contribution is -2.23. The molecule has 4 rings (SSSR count). The third-order valence-corrected chi connectivity index (χ3v) is 5.14. The fourth-order valence-electron chi connectivity index (χ4n) is 3.63. The Kier molecular flexibility index (Phi) is 5.66. The van der Waals surface area contributed by atoms with E-state index >= 15 is 0 Å². The Morgan fingerprint density at radius 2 is 1.97 bits per heavy atom. The van der Waals surface area contributed by atoms with E-state index in [1.54, 1.807) is 25.1 Å². The highest BCUT2D eigenvalue weighted by molar-refractivity contribution is 5.68. The van der Waals surface area contributed by atoms with E-state index < -0.39 is 12.2 Å². The van der Waals surface area contributed by atoms with E-state index in [0.29, 0.717) is 22.9 Å². The van der Waals surface area contributed by atoms with E-state index in [-0.39, 0.29) is 11.9 Å². The Bertz CT molecular complexity index is 851. The van der Waals surface area contributed by atoms with Crippen LogP contribution in [0.3, 0.4) is 0 Å². The van der Waals surface area contributed by atoms with Crippen molar-refractivity contribution in [3.8, 4) is 11.5 Å². The molecule has 2 heterocycles. The lowest BCUT2D eigenvalue weighted by Gasteiger charge is -2.20. The van der Waals surface area contributed by atoms with Crippen molar-refractivity contribution in [2.75, 3.05) is 0 Å². The predicted octanol–water partition coefficient (Wildman–Crippen LogP) is 4.56. The molecule has 1 aliphatic carbocycles. The smallest absolute Gasteiger partial charge is 0.387 e. The molecule has 1 fully saturated rings. The van der Waals surface area contributed by atoms with Crippen molar-refractivity contribution in [1.82, 2.24) is 15.7 Å². The van der Waals surface area contributed by atoms with Crippen LogP contribution in [0.4, 0.5) is 8.78 Å². The van der Waals surface area contributed by atoms with Crippen molar-refractivity contribution in [2.24, 2.45) is 0 Å². The molecule has 1 aliphatic heterocycles. The van der Waals surface area contributed by atoms with Crippen LogP contribution in [0.2, 0.25) is 0 Å². The quantitative estimate of drug-likeness (QED) is 0.703. The number of nitrogens with zero attached hydrogens (tertiary/aromatic N) is 2. The van der Waals surface area contributed by atoms with Gasteiger partial charge in [-0.1, -0.05) is 12.8 Å². The zero-order valence-electron chi connectivity index (χ0n) is 16.1. The Balaban J connectivity index is 1.61. The molecule has 1 saturated carbocycles. The molecule has 1 aromatic heterocycles. The fraction of sp³-hybridized carbons (Fsp3) is 0.500. The monoisotopic (exact) mass is 407 g/mol. The zero-order chi connectivity index (χ0) is 20.3. The highest BCUT2D eigenvalue weighted by atomic mass is 19.3. The van der Waals surface area contributed by atoms with Crippen molar-refractivity contribution in [1.29, 1.82) is 0 Å². The molecule has 2 aromatic rings. The van der Waals surface area contributed by atoms with Crippen molar-refractivity contribution >= 4 is 5.70 Å². The average Bonchev–Trinajstić information content (AvgIpc) is 3.30. The van der Waals surface area contributed by atoms with Crippen molar-refractivity contribution < 1.29 is 27.5 Å². The van der Waals surface area contributed by atoms with Crippen LogP contribution < -0.4 is 15.0 Å². The molecule has 1 aromatic carbocycles. The van der Waals surface area contributed by atoms with Gasteiger partial charge >= 0.3 is 6.61 Å². The summed E-state index contributed by atoms with van der Waals surface area (Å²) in [6.07, 6.45) is 9.28. The van der Waals surface area contributed by atoms with E-state index in [4.69, 9.17) is 14.0 Å². The number of hydroxylamine groups is 1. The summed E-state index contributed by atoms with van der Waals surface area (Å²) in [5.74, 6) is 0.614. The minimum absolute atomic E-state index is 0.0156. The summed E-state index contributed by atoms with van der Waals surface area (Å²) in [5, 5.41) is 7.57. The van der Waals surface area contributed by atoms with Crippen LogP contribution in [-0.2, 0) is 10.4 Å². The number of benzene rings is 1. The molecule has 0 bridgehead atoms. The molecule has 9 heteroatoms. The number of nitrogens with one attached hydrogen (secondary N) is 1. The number of hydrogen-bond acceptors (Lipinski definition) is 7. The number of hydrogen-bond donors (Lipinski definition) is 1. The van der Waals surface area contributed by atoms with Gasteiger partial charge in [0.25, 0.3) is 5.89 Å². The number of halogens is 2. The van der Waals surface area contributed by atoms with Gasteiger partial charge in [0.2, 0.25) is 6.39 Å². The van der Waals surface area contributed by atoms with E-state index in [2.05, 4.69) is 20.4 Å². The predicted molar refractivity (Wildman–Crippen MR) is 99.0 cm³/mol. The van der Waals surface area contributed by atoms with E-state index in [9.17, 15) is 8.78 Å². The molecule has 0 saturated heterocycles. The Hall–Kier alpha value is -2.68. The summed E-state index contributed by atoms with van der Waals surface area (Å²) in [5.41, 5.74) is 3.25. The van der Waals surface area contributed by atoms with E-state index in [1.807, 2.05) is 0 Å². The van der Waals surface area contributed by atoms with E-state index in [0.717, 1.165) is 25.7 Å². The van der Waals surface area contributed by atoms with Gasteiger partial charge in [0, 0.05) is 5.56 Å². The molecule has 0 radical (unpaired) electrons. The van der Waals surface area contributed by atoms with Crippen LogP contribution in [0.1, 0.15) is 56.9 Å². The number of rotatable bonds is 6. The van der Waals surface area contributed by atoms with Gasteiger partial charge in [0.1, 0.15) is 0 Å². The van der Waals surface area contributed by atoms with Gasteiger partial charge in [0.05, 0.1) is 11.8 Å². The highest BCUT2D eigenvalue weighted by Gasteiger charge is 2.37. The molecule has 1 atom stereocenters. The maximum Gasteiger partial charge on any atom is 0.387 e. The summed E-state index contributed by atoms with van der Waals surface area (Å²) >= 11 is 0. The van der Waals surface area contributed by atoms with Crippen LogP contribution in [0.5, 0.6) is 11.5 Å². The summed E-state index contributed by atoms with van der Waals surface area (Å²) < 4.78 is 41.7. The molecule has 156 valence electrons. The third kappa shape index (κ3) is 4.50. The van der Waals surface area contributed by atoms with Crippen LogP contribution in [0.25, 0.3) is 5.70 Å². The largest absolute Gasteiger partial charge is 0.487 e. The summed E-state index contributed by atoms with van der Waals surface area (Å²) in [6.45, 7) is -1.15. The lowest BCUT2D eigenvalue weighted by molar-refractivity contribution is -0.0522. The molecule has 29 heavy (non-hydrogen) atoms. The average molecular weight is 407 g/mol. The van der Waals surface area contributed by atoms with Gasteiger partial charge < -0.3 is 13.9 Å². The van der Waals surface area contributed by atoms with Crippen molar-refractivity contribution in [3.63, 3.8) is 0 Å². The van der Waals surface area contributed by atoms with E-state index in [1.165, 1.54) is 25.3 Å². The van der Waals surface area contributed by atoms with Crippen LogP contribution >= 0.6 is 0 Å². The van der Waals surface area contributed by atoms with Crippen LogP contribution in [0.15, 0.2) is 35.1 Å². The van der Waals surface area contributed by atoms with Crippen molar-refractivity contribution in [3.05, 3.63) is 42.1 Å². The summed E-state index contributed by atoms with van der Waals surface area (Å²) in [4.78, 5) is 5.62. The summed E-state index contributed by atoms with van der Waals surface area (Å²) in [7, 11) is 0. The molecular weight excluding hydrogens is 384 g/mol. The first-order chi connectivity index (χ1) is 14.0. The van der Waals surface area contributed by atoms with Gasteiger partial charge in [-0.05, 0) is 56.9 Å². The molecule has 2 aliphatic rings. The minimum atomic E-state index is -2.93. The van der Waals surface area contributed by atoms with Gasteiger partial charge in [-0.25, -0.2) is 0 Å².